The highest BCUT2D eigenvalue weighted by Crippen LogP contribution is 2.31. The maximum atomic E-state index is 3.65. The van der Waals surface area contributed by atoms with E-state index in [0.717, 1.165) is 5.92 Å². The molecule has 1 atom stereocenters. The summed E-state index contributed by atoms with van der Waals surface area (Å²) < 4.78 is 0. The minimum absolute atomic E-state index is 0.530. The molecule has 0 saturated heterocycles. The summed E-state index contributed by atoms with van der Waals surface area (Å²) in [4.78, 5) is 3.60. The molecule has 0 spiro atoms. The number of aromatic nitrogens is 1. The van der Waals surface area contributed by atoms with Crippen molar-refractivity contribution in [3.63, 3.8) is 0 Å². The molecule has 0 radical (unpaired) electrons. The molecular formula is C18H26N2. The third-order valence-electron chi connectivity index (χ3n) is 4.34. The highest BCUT2D eigenvalue weighted by Gasteiger charge is 2.15. The van der Waals surface area contributed by atoms with Gasteiger partial charge in [0.05, 0.1) is 0 Å². The van der Waals surface area contributed by atoms with E-state index in [2.05, 4.69) is 49.3 Å². The summed E-state index contributed by atoms with van der Waals surface area (Å²) in [6.07, 6.45) is 6.33. The lowest BCUT2D eigenvalue weighted by Crippen LogP contribution is -2.17. The first-order valence-electron chi connectivity index (χ1n) is 8.03. The largest absolute Gasteiger partial charge is 0.383 e. The number of hydrogen-bond acceptors (Lipinski definition) is 1. The molecule has 3 rings (SSSR count). The summed E-state index contributed by atoms with van der Waals surface area (Å²) in [5.41, 5.74) is 5.60. The minimum Gasteiger partial charge on any atom is -0.383 e. The van der Waals surface area contributed by atoms with Crippen molar-refractivity contribution in [2.24, 2.45) is 5.92 Å². The van der Waals surface area contributed by atoms with Crippen LogP contribution >= 0.6 is 0 Å². The van der Waals surface area contributed by atoms with Crippen LogP contribution in [0.2, 0.25) is 0 Å². The Labute approximate surface area is 122 Å². The first kappa shape index (κ1) is 13.5. The summed E-state index contributed by atoms with van der Waals surface area (Å²) in [7, 11) is 0. The third kappa shape index (κ3) is 2.70. The fourth-order valence-electron chi connectivity index (χ4n) is 3.55. The number of rotatable bonds is 4. The SMILES string of the molecule is CC(C)CC(C)Nc1ccc2[nH]c3c(c2c1)CCCC3. The van der Waals surface area contributed by atoms with Crippen LogP contribution in [0.15, 0.2) is 18.2 Å². The molecule has 0 bridgehead atoms. The Bertz CT molecular complexity index is 595. The molecule has 2 heteroatoms. The van der Waals surface area contributed by atoms with Gasteiger partial charge in [-0.25, -0.2) is 0 Å². The van der Waals surface area contributed by atoms with Crippen molar-refractivity contribution in [3.05, 3.63) is 29.5 Å². The molecule has 1 aromatic carbocycles. The van der Waals surface area contributed by atoms with Gasteiger partial charge in [0, 0.05) is 28.3 Å². The Morgan fingerprint density at radius 2 is 1.95 bits per heavy atom. The van der Waals surface area contributed by atoms with E-state index in [0.29, 0.717) is 6.04 Å². The number of nitrogens with one attached hydrogen (secondary N) is 2. The van der Waals surface area contributed by atoms with Gasteiger partial charge in [0.2, 0.25) is 0 Å². The molecule has 1 aliphatic rings. The van der Waals surface area contributed by atoms with Crippen LogP contribution in [0.4, 0.5) is 5.69 Å². The number of H-pyrrole nitrogens is 1. The van der Waals surface area contributed by atoms with Crippen molar-refractivity contribution in [2.45, 2.75) is 58.9 Å². The van der Waals surface area contributed by atoms with Gasteiger partial charge in [-0.05, 0) is 68.7 Å². The van der Waals surface area contributed by atoms with Crippen LogP contribution in [0.5, 0.6) is 0 Å². The molecule has 0 aliphatic heterocycles. The molecule has 0 saturated carbocycles. The highest BCUT2D eigenvalue weighted by atomic mass is 14.9. The van der Waals surface area contributed by atoms with E-state index in [-0.39, 0.29) is 0 Å². The second-order valence-corrected chi connectivity index (χ2v) is 6.72. The number of aromatic amines is 1. The molecule has 1 aliphatic carbocycles. The smallest absolute Gasteiger partial charge is 0.0460 e. The minimum atomic E-state index is 0.530. The van der Waals surface area contributed by atoms with E-state index in [1.54, 1.807) is 5.56 Å². The molecule has 2 nitrogen and oxygen atoms in total. The second kappa shape index (κ2) is 5.51. The van der Waals surface area contributed by atoms with Gasteiger partial charge in [-0.15, -0.1) is 0 Å². The second-order valence-electron chi connectivity index (χ2n) is 6.72. The molecule has 1 heterocycles. The molecule has 108 valence electrons. The monoisotopic (exact) mass is 270 g/mol. The van der Waals surface area contributed by atoms with Crippen LogP contribution in [0.25, 0.3) is 10.9 Å². The van der Waals surface area contributed by atoms with Crippen LogP contribution in [0.3, 0.4) is 0 Å². The van der Waals surface area contributed by atoms with Gasteiger partial charge in [-0.2, -0.15) is 0 Å². The number of aryl methyl sites for hydroxylation is 2. The lowest BCUT2D eigenvalue weighted by atomic mass is 9.95. The van der Waals surface area contributed by atoms with Crippen LogP contribution in [-0.2, 0) is 12.8 Å². The van der Waals surface area contributed by atoms with Gasteiger partial charge < -0.3 is 10.3 Å². The van der Waals surface area contributed by atoms with Crippen LogP contribution in [0, 0.1) is 5.92 Å². The molecule has 20 heavy (non-hydrogen) atoms. The van der Waals surface area contributed by atoms with Crippen molar-refractivity contribution in [1.29, 1.82) is 0 Å². The van der Waals surface area contributed by atoms with E-state index in [1.807, 2.05) is 0 Å². The molecular weight excluding hydrogens is 244 g/mol. The van der Waals surface area contributed by atoms with E-state index >= 15 is 0 Å². The predicted molar refractivity (Wildman–Crippen MR) is 87.5 cm³/mol. The van der Waals surface area contributed by atoms with Gasteiger partial charge in [0.1, 0.15) is 0 Å². The molecule has 1 unspecified atom stereocenters. The first-order valence-corrected chi connectivity index (χ1v) is 8.03. The zero-order valence-electron chi connectivity index (χ0n) is 12.9. The summed E-state index contributed by atoms with van der Waals surface area (Å²) >= 11 is 0. The number of hydrogen-bond donors (Lipinski definition) is 2. The molecule has 2 aromatic rings. The Kier molecular flexibility index (Phi) is 3.73. The summed E-state index contributed by atoms with van der Waals surface area (Å²) in [5, 5.41) is 5.08. The highest BCUT2D eigenvalue weighted by molar-refractivity contribution is 5.88. The number of benzene rings is 1. The average molecular weight is 270 g/mol. The van der Waals surface area contributed by atoms with E-state index in [9.17, 15) is 0 Å². The Morgan fingerprint density at radius 1 is 1.15 bits per heavy atom. The fourth-order valence-corrected chi connectivity index (χ4v) is 3.55. The Morgan fingerprint density at radius 3 is 2.75 bits per heavy atom. The van der Waals surface area contributed by atoms with Gasteiger partial charge >= 0.3 is 0 Å². The molecule has 2 N–H and O–H groups in total. The Balaban J connectivity index is 1.86. The van der Waals surface area contributed by atoms with E-state index < -0.39 is 0 Å². The maximum absolute atomic E-state index is 3.65. The molecule has 0 amide bonds. The summed E-state index contributed by atoms with van der Waals surface area (Å²) in [6, 6.07) is 7.31. The zero-order chi connectivity index (χ0) is 14.1. The van der Waals surface area contributed by atoms with E-state index in [1.165, 1.54) is 54.4 Å². The lowest BCUT2D eigenvalue weighted by molar-refractivity contribution is 0.540. The quantitative estimate of drug-likeness (QED) is 0.813. The molecule has 1 aromatic heterocycles. The number of fused-ring (bicyclic) bond motifs is 3. The standard InChI is InChI=1S/C18H26N2/c1-12(2)10-13(3)19-14-8-9-18-16(11-14)15-6-4-5-7-17(15)20-18/h8-9,11-13,19-20H,4-7,10H2,1-3H3. The van der Waals surface area contributed by atoms with Crippen molar-refractivity contribution < 1.29 is 0 Å². The van der Waals surface area contributed by atoms with Crippen molar-refractivity contribution in [1.82, 2.24) is 4.98 Å². The molecule has 0 fully saturated rings. The van der Waals surface area contributed by atoms with Gasteiger partial charge in [0.25, 0.3) is 0 Å². The van der Waals surface area contributed by atoms with E-state index in [4.69, 9.17) is 0 Å². The normalized spacial score (nSPS) is 16.4. The topological polar surface area (TPSA) is 27.8 Å². The summed E-state index contributed by atoms with van der Waals surface area (Å²) in [6.45, 7) is 6.84. The fraction of sp³-hybridized carbons (Fsp3) is 0.556. The first-order chi connectivity index (χ1) is 9.63. The van der Waals surface area contributed by atoms with Crippen molar-refractivity contribution in [3.8, 4) is 0 Å². The van der Waals surface area contributed by atoms with Gasteiger partial charge in [-0.1, -0.05) is 13.8 Å². The van der Waals surface area contributed by atoms with Crippen LogP contribution in [-0.4, -0.2) is 11.0 Å². The van der Waals surface area contributed by atoms with Crippen molar-refractivity contribution >= 4 is 16.6 Å². The lowest BCUT2D eigenvalue weighted by Gasteiger charge is -2.17. The zero-order valence-corrected chi connectivity index (χ0v) is 12.9. The Hall–Kier alpha value is -1.44. The maximum Gasteiger partial charge on any atom is 0.0460 e. The van der Waals surface area contributed by atoms with Crippen LogP contribution in [0.1, 0.15) is 51.3 Å². The summed E-state index contributed by atoms with van der Waals surface area (Å²) in [5.74, 6) is 0.737. The van der Waals surface area contributed by atoms with Gasteiger partial charge in [0.15, 0.2) is 0 Å². The van der Waals surface area contributed by atoms with Gasteiger partial charge in [-0.3, -0.25) is 0 Å². The predicted octanol–water partition coefficient (Wildman–Crippen LogP) is 4.89. The average Bonchev–Trinajstić information content (AvgIpc) is 2.76. The van der Waals surface area contributed by atoms with Crippen molar-refractivity contribution in [2.75, 3.05) is 5.32 Å². The third-order valence-corrected chi connectivity index (χ3v) is 4.34. The number of anilines is 1. The van der Waals surface area contributed by atoms with Crippen LogP contribution < -0.4 is 5.32 Å².